The van der Waals surface area contributed by atoms with Gasteiger partial charge in [-0.3, -0.25) is 9.59 Å². The van der Waals surface area contributed by atoms with Gasteiger partial charge in [-0.05, 0) is 43.0 Å². The fourth-order valence-electron chi connectivity index (χ4n) is 3.47. The van der Waals surface area contributed by atoms with Crippen molar-refractivity contribution in [3.63, 3.8) is 0 Å². The maximum atomic E-state index is 12.6. The second-order valence-electron chi connectivity index (χ2n) is 8.34. The number of carbonyl (C=O) groups is 3. The molecule has 3 N–H and O–H groups in total. The molecule has 0 saturated carbocycles. The van der Waals surface area contributed by atoms with Crippen LogP contribution in [0.1, 0.15) is 69.8 Å². The molecule has 12 heteroatoms. The number of amides is 2. The molecule has 0 aliphatic rings. The summed E-state index contributed by atoms with van der Waals surface area (Å²) in [5, 5.41) is 11.8. The molecule has 36 heavy (non-hydrogen) atoms. The Morgan fingerprint density at radius 2 is 1.83 bits per heavy atom. The van der Waals surface area contributed by atoms with Gasteiger partial charge < -0.3 is 25.1 Å². The number of nitrogens with one attached hydrogen (secondary N) is 1. The Bertz CT molecular complexity index is 1270. The summed E-state index contributed by atoms with van der Waals surface area (Å²) < 4.78 is 12.6. The Hall–Kier alpha value is -3.38. The molecule has 3 rings (SSSR count). The number of primary amides is 1. The fraction of sp³-hybridized carbons (Fsp3) is 0.375. The molecule has 3 aromatic rings. The maximum Gasteiger partial charge on any atom is 0.341 e. The van der Waals surface area contributed by atoms with Crippen molar-refractivity contribution in [1.29, 1.82) is 0 Å². The molecule has 192 valence electrons. The van der Waals surface area contributed by atoms with E-state index in [0.717, 1.165) is 17.1 Å². The molecule has 2 aromatic heterocycles. The fourth-order valence-corrected chi connectivity index (χ4v) is 5.25. The minimum atomic E-state index is -0.684. The Morgan fingerprint density at radius 1 is 1.17 bits per heavy atom. The summed E-state index contributed by atoms with van der Waals surface area (Å²) in [6.45, 7) is 7.73. The Morgan fingerprint density at radius 3 is 2.42 bits per heavy atom. The standard InChI is InChI=1S/C24H29N5O5S2/c1-12(2)15-7-9-16(10-8-15)34-14(4)21-27-28-24(29(21)5)35-11-17(30)26-22-18(23(32)33-6)13(3)19(36-22)20(25)31/h7-10,12,14H,11H2,1-6H3,(H2,25,31)(H,26,30). The molecular formula is C24H29N5O5S2. The number of hydrogen-bond donors (Lipinski definition) is 2. The van der Waals surface area contributed by atoms with Crippen molar-refractivity contribution in [2.75, 3.05) is 18.2 Å². The van der Waals surface area contributed by atoms with Crippen molar-refractivity contribution >= 4 is 45.9 Å². The molecule has 1 aromatic carbocycles. The summed E-state index contributed by atoms with van der Waals surface area (Å²) in [5.41, 5.74) is 7.10. The molecule has 0 radical (unpaired) electrons. The third-order valence-electron chi connectivity index (χ3n) is 5.44. The highest BCUT2D eigenvalue weighted by Crippen LogP contribution is 2.34. The van der Waals surface area contributed by atoms with Gasteiger partial charge in [0.05, 0.1) is 23.3 Å². The van der Waals surface area contributed by atoms with Crippen LogP contribution in [0.15, 0.2) is 29.4 Å². The second kappa shape index (κ2) is 11.6. The normalized spacial score (nSPS) is 11.9. The zero-order valence-corrected chi connectivity index (χ0v) is 22.6. The number of hydrogen-bond acceptors (Lipinski definition) is 9. The summed E-state index contributed by atoms with van der Waals surface area (Å²) in [4.78, 5) is 36.7. The van der Waals surface area contributed by atoms with E-state index in [0.29, 0.717) is 22.5 Å². The number of methoxy groups -OCH3 is 1. The number of carbonyl (C=O) groups excluding carboxylic acids is 3. The third kappa shape index (κ3) is 6.05. The van der Waals surface area contributed by atoms with Crippen LogP contribution in [-0.2, 0) is 16.6 Å². The molecule has 2 heterocycles. The highest BCUT2D eigenvalue weighted by atomic mass is 32.2. The van der Waals surface area contributed by atoms with Gasteiger partial charge in [-0.15, -0.1) is 21.5 Å². The van der Waals surface area contributed by atoms with Crippen molar-refractivity contribution in [3.8, 4) is 5.75 Å². The molecular weight excluding hydrogens is 502 g/mol. The van der Waals surface area contributed by atoms with Gasteiger partial charge in [0.15, 0.2) is 17.1 Å². The lowest BCUT2D eigenvalue weighted by molar-refractivity contribution is -0.113. The molecule has 0 spiro atoms. The molecule has 2 amide bonds. The lowest BCUT2D eigenvalue weighted by atomic mass is 10.0. The molecule has 0 fully saturated rings. The number of esters is 1. The quantitative estimate of drug-likeness (QED) is 0.295. The summed E-state index contributed by atoms with van der Waals surface area (Å²) in [6.07, 6.45) is -0.362. The summed E-state index contributed by atoms with van der Waals surface area (Å²) >= 11 is 2.12. The predicted molar refractivity (Wildman–Crippen MR) is 139 cm³/mol. The van der Waals surface area contributed by atoms with E-state index in [2.05, 4.69) is 29.4 Å². The lowest BCUT2D eigenvalue weighted by Gasteiger charge is -2.15. The van der Waals surface area contributed by atoms with Gasteiger partial charge >= 0.3 is 5.97 Å². The largest absolute Gasteiger partial charge is 0.483 e. The first-order valence-corrected chi connectivity index (χ1v) is 12.9. The Kier molecular flexibility index (Phi) is 8.75. The molecule has 1 atom stereocenters. The number of nitrogens with zero attached hydrogens (tertiary/aromatic N) is 3. The lowest BCUT2D eigenvalue weighted by Crippen LogP contribution is -2.16. The van der Waals surface area contributed by atoms with Crippen LogP contribution in [0, 0.1) is 6.92 Å². The minimum absolute atomic E-state index is 0.00133. The average molecular weight is 532 g/mol. The van der Waals surface area contributed by atoms with Crippen molar-refractivity contribution < 1.29 is 23.9 Å². The van der Waals surface area contributed by atoms with E-state index in [1.807, 2.05) is 31.2 Å². The number of ether oxygens (including phenoxy) is 2. The number of nitrogens with two attached hydrogens (primary N) is 1. The van der Waals surface area contributed by atoms with Gasteiger partial charge in [0, 0.05) is 7.05 Å². The monoisotopic (exact) mass is 531 g/mol. The predicted octanol–water partition coefficient (Wildman–Crippen LogP) is 4.06. The van der Waals surface area contributed by atoms with Gasteiger partial charge in [0.1, 0.15) is 10.8 Å². The van der Waals surface area contributed by atoms with Gasteiger partial charge in [-0.2, -0.15) is 0 Å². The zero-order valence-electron chi connectivity index (χ0n) is 20.9. The van der Waals surface area contributed by atoms with Crippen LogP contribution in [-0.4, -0.2) is 45.4 Å². The van der Waals surface area contributed by atoms with Crippen LogP contribution in [0.25, 0.3) is 0 Å². The molecule has 0 bridgehead atoms. The summed E-state index contributed by atoms with van der Waals surface area (Å²) in [6, 6.07) is 7.94. The highest BCUT2D eigenvalue weighted by molar-refractivity contribution is 7.99. The van der Waals surface area contributed by atoms with E-state index >= 15 is 0 Å². The van der Waals surface area contributed by atoms with Crippen LogP contribution in [0.2, 0.25) is 0 Å². The van der Waals surface area contributed by atoms with Crippen LogP contribution in [0.4, 0.5) is 5.00 Å². The van der Waals surface area contributed by atoms with E-state index in [1.165, 1.54) is 24.4 Å². The first-order valence-electron chi connectivity index (χ1n) is 11.1. The number of benzene rings is 1. The van der Waals surface area contributed by atoms with E-state index in [-0.39, 0.29) is 33.2 Å². The average Bonchev–Trinajstić information content (AvgIpc) is 3.36. The third-order valence-corrected chi connectivity index (χ3v) is 7.68. The van der Waals surface area contributed by atoms with Gasteiger partial charge in [-0.25, -0.2) is 4.79 Å². The van der Waals surface area contributed by atoms with Crippen molar-refractivity contribution in [3.05, 3.63) is 51.7 Å². The van der Waals surface area contributed by atoms with Crippen molar-refractivity contribution in [1.82, 2.24) is 14.8 Å². The smallest absolute Gasteiger partial charge is 0.341 e. The molecule has 1 unspecified atom stereocenters. The number of aromatic nitrogens is 3. The SMILES string of the molecule is COC(=O)c1c(NC(=O)CSc2nnc(C(C)Oc3ccc(C(C)C)cc3)n2C)sc(C(N)=O)c1C. The first kappa shape index (κ1) is 27.2. The number of anilines is 1. The van der Waals surface area contributed by atoms with E-state index < -0.39 is 11.9 Å². The zero-order chi connectivity index (χ0) is 26.6. The van der Waals surface area contributed by atoms with Crippen LogP contribution in [0.3, 0.4) is 0 Å². The van der Waals surface area contributed by atoms with Gasteiger partial charge in [0.25, 0.3) is 5.91 Å². The number of thiophene rings is 1. The Balaban J connectivity index is 1.65. The topological polar surface area (TPSA) is 138 Å². The Labute approximate surface area is 217 Å². The minimum Gasteiger partial charge on any atom is -0.483 e. The second-order valence-corrected chi connectivity index (χ2v) is 10.3. The first-order chi connectivity index (χ1) is 17.0. The number of thioether (sulfide) groups is 1. The van der Waals surface area contributed by atoms with Gasteiger partial charge in [-0.1, -0.05) is 37.7 Å². The number of rotatable bonds is 10. The van der Waals surface area contributed by atoms with E-state index in [4.69, 9.17) is 15.2 Å². The van der Waals surface area contributed by atoms with Crippen molar-refractivity contribution in [2.45, 2.75) is 44.9 Å². The summed E-state index contributed by atoms with van der Waals surface area (Å²) in [5.74, 6) is 0.0441. The van der Waals surface area contributed by atoms with Crippen LogP contribution in [0.5, 0.6) is 5.75 Å². The van der Waals surface area contributed by atoms with Crippen LogP contribution >= 0.6 is 23.1 Å². The molecule has 0 aliphatic heterocycles. The maximum absolute atomic E-state index is 12.6. The van der Waals surface area contributed by atoms with Crippen molar-refractivity contribution in [2.24, 2.45) is 12.8 Å². The van der Waals surface area contributed by atoms with E-state index in [9.17, 15) is 14.4 Å². The molecule has 0 saturated heterocycles. The van der Waals surface area contributed by atoms with E-state index in [1.54, 1.807) is 18.5 Å². The van der Waals surface area contributed by atoms with Gasteiger partial charge in [0.2, 0.25) is 5.91 Å². The summed E-state index contributed by atoms with van der Waals surface area (Å²) in [7, 11) is 3.02. The molecule has 0 aliphatic carbocycles. The molecule has 10 nitrogen and oxygen atoms in total. The van der Waals surface area contributed by atoms with Crippen LogP contribution < -0.4 is 15.8 Å². The highest BCUT2D eigenvalue weighted by Gasteiger charge is 2.25.